The van der Waals surface area contributed by atoms with Crippen molar-refractivity contribution in [2.24, 2.45) is 5.92 Å². The Morgan fingerprint density at radius 3 is 2.02 bits per heavy atom. The van der Waals surface area contributed by atoms with Gasteiger partial charge in [-0.05, 0) is 111 Å². The van der Waals surface area contributed by atoms with Crippen LogP contribution in [0.1, 0.15) is 82.6 Å². The maximum absolute atomic E-state index is 13.6. The zero-order chi connectivity index (χ0) is 33.4. The van der Waals surface area contributed by atoms with Crippen molar-refractivity contribution in [2.75, 3.05) is 32.7 Å². The van der Waals surface area contributed by atoms with E-state index in [-0.39, 0.29) is 22.8 Å². The Morgan fingerprint density at radius 2 is 1.48 bits per heavy atom. The fourth-order valence-corrected chi connectivity index (χ4v) is 9.09. The summed E-state index contributed by atoms with van der Waals surface area (Å²) < 4.78 is 6.69. The number of hydrogen-bond donors (Lipinski definition) is 0. The van der Waals surface area contributed by atoms with Gasteiger partial charge in [-0.2, -0.15) is 0 Å². The standard InChI is InChI=1S/C37H53Cl2N3O3Si/c1-25(2)40-18-20-41(21-19-40)35(43)27-10-8-26(9-11-27)29-23-33(38)32(34(39)24-29)22-28-16-17-42(36(28)44)30-12-14-31(15-13-30)45-46(6,7)37(3,4)5/h8-11,23-25,28,30-31H,12-22H2,1-7H3. The van der Waals surface area contributed by atoms with Crippen LogP contribution in [-0.4, -0.2) is 85.7 Å². The van der Waals surface area contributed by atoms with Gasteiger partial charge in [0, 0.05) is 72.4 Å². The first kappa shape index (κ1) is 35.4. The van der Waals surface area contributed by atoms with E-state index in [9.17, 15) is 9.59 Å². The van der Waals surface area contributed by atoms with Crippen LogP contribution < -0.4 is 0 Å². The molecule has 2 saturated heterocycles. The lowest BCUT2D eigenvalue weighted by Gasteiger charge is -2.42. The first-order chi connectivity index (χ1) is 21.6. The van der Waals surface area contributed by atoms with Crippen LogP contribution in [-0.2, 0) is 15.6 Å². The molecular weight excluding hydrogens is 633 g/mol. The average molecular weight is 687 g/mol. The molecule has 2 aromatic rings. The van der Waals surface area contributed by atoms with Gasteiger partial charge in [-0.15, -0.1) is 0 Å². The van der Waals surface area contributed by atoms with Crippen LogP contribution >= 0.6 is 23.2 Å². The fourth-order valence-electron chi connectivity index (χ4n) is 7.02. The van der Waals surface area contributed by atoms with Crippen molar-refractivity contribution >= 4 is 43.3 Å². The monoisotopic (exact) mass is 685 g/mol. The zero-order valence-corrected chi connectivity index (χ0v) is 31.4. The van der Waals surface area contributed by atoms with Crippen LogP contribution in [0, 0.1) is 5.92 Å². The van der Waals surface area contributed by atoms with Crippen molar-refractivity contribution in [3.8, 4) is 11.1 Å². The topological polar surface area (TPSA) is 53.1 Å². The largest absolute Gasteiger partial charge is 0.414 e. The Labute approximate surface area is 287 Å². The molecule has 0 aromatic heterocycles. The van der Waals surface area contributed by atoms with Crippen LogP contribution in [0.3, 0.4) is 0 Å². The molecule has 2 aliphatic heterocycles. The number of halogens is 2. The summed E-state index contributed by atoms with van der Waals surface area (Å²) >= 11 is 13.7. The number of amides is 2. The smallest absolute Gasteiger partial charge is 0.253 e. The normalized spacial score (nSPS) is 23.4. The molecule has 46 heavy (non-hydrogen) atoms. The molecule has 2 aromatic carbocycles. The molecule has 252 valence electrons. The number of carbonyl (C=O) groups excluding carboxylic acids is 2. The van der Waals surface area contributed by atoms with Crippen molar-refractivity contribution in [1.82, 2.24) is 14.7 Å². The Balaban J connectivity index is 1.17. The molecule has 0 N–H and O–H groups in total. The second-order valence-corrected chi connectivity index (χ2v) is 21.0. The second-order valence-electron chi connectivity index (χ2n) is 15.4. The van der Waals surface area contributed by atoms with E-state index in [1.165, 1.54) is 0 Å². The number of carbonyl (C=O) groups is 2. The summed E-state index contributed by atoms with van der Waals surface area (Å²) in [6.45, 7) is 20.0. The van der Waals surface area contributed by atoms with Crippen LogP contribution in [0.25, 0.3) is 11.1 Å². The van der Waals surface area contributed by atoms with Gasteiger partial charge < -0.3 is 14.2 Å². The van der Waals surface area contributed by atoms with E-state index in [1.54, 1.807) is 0 Å². The minimum atomic E-state index is -1.79. The van der Waals surface area contributed by atoms with E-state index in [0.717, 1.165) is 81.5 Å². The summed E-state index contributed by atoms with van der Waals surface area (Å²) in [6, 6.07) is 12.4. The summed E-state index contributed by atoms with van der Waals surface area (Å²) in [5, 5.41) is 1.37. The predicted molar refractivity (Wildman–Crippen MR) is 192 cm³/mol. The molecule has 0 spiro atoms. The number of likely N-dealkylation sites (tertiary alicyclic amines) is 1. The summed E-state index contributed by atoms with van der Waals surface area (Å²) in [5.41, 5.74) is 3.38. The third kappa shape index (κ3) is 7.86. The van der Waals surface area contributed by atoms with Gasteiger partial charge in [-0.25, -0.2) is 0 Å². The molecule has 1 saturated carbocycles. The number of piperazine rings is 1. The van der Waals surface area contributed by atoms with Crippen molar-refractivity contribution in [1.29, 1.82) is 0 Å². The van der Waals surface area contributed by atoms with Crippen molar-refractivity contribution in [3.63, 3.8) is 0 Å². The lowest BCUT2D eigenvalue weighted by molar-refractivity contribution is -0.133. The van der Waals surface area contributed by atoms with E-state index < -0.39 is 8.32 Å². The summed E-state index contributed by atoms with van der Waals surface area (Å²) in [6.07, 6.45) is 5.75. The lowest BCUT2D eigenvalue weighted by atomic mass is 9.92. The van der Waals surface area contributed by atoms with Gasteiger partial charge in [0.15, 0.2) is 8.32 Å². The number of rotatable bonds is 8. The van der Waals surface area contributed by atoms with E-state index in [0.29, 0.717) is 40.2 Å². The fraction of sp³-hybridized carbons (Fsp3) is 0.622. The average Bonchev–Trinajstić information content (AvgIpc) is 3.37. The molecule has 3 fully saturated rings. The molecule has 1 unspecified atom stereocenters. The Hall–Kier alpha value is -1.90. The number of hydrogen-bond acceptors (Lipinski definition) is 4. The minimum Gasteiger partial charge on any atom is -0.414 e. The van der Waals surface area contributed by atoms with Gasteiger partial charge in [-0.1, -0.05) is 56.1 Å². The van der Waals surface area contributed by atoms with Crippen molar-refractivity contribution in [2.45, 2.75) is 109 Å². The molecule has 2 amide bonds. The highest BCUT2D eigenvalue weighted by Gasteiger charge is 2.42. The van der Waals surface area contributed by atoms with E-state index in [2.05, 4.69) is 57.5 Å². The van der Waals surface area contributed by atoms with E-state index in [4.69, 9.17) is 27.6 Å². The maximum Gasteiger partial charge on any atom is 0.253 e. The highest BCUT2D eigenvalue weighted by atomic mass is 35.5. The summed E-state index contributed by atoms with van der Waals surface area (Å²) in [5.74, 6) is 0.203. The molecule has 0 radical (unpaired) electrons. The van der Waals surface area contributed by atoms with Gasteiger partial charge in [0.1, 0.15) is 0 Å². The van der Waals surface area contributed by atoms with Crippen molar-refractivity contribution < 1.29 is 14.0 Å². The van der Waals surface area contributed by atoms with Crippen LogP contribution in [0.15, 0.2) is 36.4 Å². The summed E-state index contributed by atoms with van der Waals surface area (Å²) in [4.78, 5) is 33.2. The first-order valence-corrected chi connectivity index (χ1v) is 20.9. The zero-order valence-electron chi connectivity index (χ0n) is 28.9. The molecule has 9 heteroatoms. The van der Waals surface area contributed by atoms with E-state index >= 15 is 0 Å². The Morgan fingerprint density at radius 1 is 0.891 bits per heavy atom. The van der Waals surface area contributed by atoms with Gasteiger partial charge in [-0.3, -0.25) is 14.5 Å². The van der Waals surface area contributed by atoms with Crippen LogP contribution in [0.2, 0.25) is 28.2 Å². The van der Waals surface area contributed by atoms with Gasteiger partial charge in [0.05, 0.1) is 0 Å². The molecule has 0 bridgehead atoms. The predicted octanol–water partition coefficient (Wildman–Crippen LogP) is 8.55. The third-order valence-corrected chi connectivity index (χ3v) is 16.3. The highest BCUT2D eigenvalue weighted by molar-refractivity contribution is 6.74. The van der Waals surface area contributed by atoms with Crippen molar-refractivity contribution in [3.05, 3.63) is 57.6 Å². The quantitative estimate of drug-likeness (QED) is 0.261. The number of benzene rings is 2. The SMILES string of the molecule is CC(C)N1CCN(C(=O)c2ccc(-c3cc(Cl)c(CC4CCN(C5CCC(O[Si](C)(C)C(C)(C)C)CC5)C4=O)c(Cl)c3)cc2)CC1. The van der Waals surface area contributed by atoms with Crippen LogP contribution in [0.4, 0.5) is 0 Å². The second kappa shape index (κ2) is 14.3. The first-order valence-electron chi connectivity index (χ1n) is 17.2. The molecular formula is C37H53Cl2N3O3Si. The Bertz CT molecular complexity index is 1370. The van der Waals surface area contributed by atoms with Gasteiger partial charge in [0.25, 0.3) is 5.91 Å². The lowest BCUT2D eigenvalue weighted by Crippen LogP contribution is -2.50. The highest BCUT2D eigenvalue weighted by Crippen LogP contribution is 2.41. The molecule has 1 aliphatic carbocycles. The molecule has 1 atom stereocenters. The van der Waals surface area contributed by atoms with Gasteiger partial charge in [0.2, 0.25) is 5.91 Å². The molecule has 6 nitrogen and oxygen atoms in total. The van der Waals surface area contributed by atoms with Gasteiger partial charge >= 0.3 is 0 Å². The third-order valence-electron chi connectivity index (χ3n) is 11.1. The van der Waals surface area contributed by atoms with Crippen LogP contribution in [0.5, 0.6) is 0 Å². The number of nitrogens with zero attached hydrogens (tertiary/aromatic N) is 3. The summed E-state index contributed by atoms with van der Waals surface area (Å²) in [7, 11) is -1.79. The Kier molecular flexibility index (Phi) is 11.0. The molecule has 2 heterocycles. The molecule has 3 aliphatic rings. The molecule has 5 rings (SSSR count). The minimum absolute atomic E-state index is 0.0733. The maximum atomic E-state index is 13.6. The van der Waals surface area contributed by atoms with E-state index in [1.807, 2.05) is 41.3 Å².